The quantitative estimate of drug-likeness (QED) is 0.929. The molecule has 5 nitrogen and oxygen atoms in total. The normalized spacial score (nSPS) is 12.4. The summed E-state index contributed by atoms with van der Waals surface area (Å²) in [6.45, 7) is 7.62. The Bertz CT molecular complexity index is 590. The van der Waals surface area contributed by atoms with Crippen LogP contribution in [0.1, 0.15) is 60.4 Å². The first-order chi connectivity index (χ1) is 9.49. The topological polar surface area (TPSA) is 68.0 Å². The third kappa shape index (κ3) is 3.04. The van der Waals surface area contributed by atoms with Crippen molar-refractivity contribution >= 4 is 5.91 Å². The molecular weight excluding hydrogens is 254 g/mol. The molecule has 106 valence electrons. The molecule has 1 atom stereocenters. The summed E-state index contributed by atoms with van der Waals surface area (Å²) < 4.78 is 5.50. The lowest BCUT2D eigenvalue weighted by atomic mass is 10.1. The van der Waals surface area contributed by atoms with E-state index in [1.54, 1.807) is 19.3 Å². The van der Waals surface area contributed by atoms with Crippen LogP contribution < -0.4 is 5.32 Å². The van der Waals surface area contributed by atoms with Crippen molar-refractivity contribution in [2.24, 2.45) is 0 Å². The van der Waals surface area contributed by atoms with E-state index in [0.29, 0.717) is 17.3 Å². The number of hydrogen-bond acceptors (Lipinski definition) is 4. The lowest BCUT2D eigenvalue weighted by molar-refractivity contribution is 0.0934. The number of carbonyl (C=O) groups is 1. The Morgan fingerprint density at radius 2 is 2.10 bits per heavy atom. The summed E-state index contributed by atoms with van der Waals surface area (Å²) in [5, 5.41) is 2.90. The molecule has 2 aromatic rings. The van der Waals surface area contributed by atoms with Gasteiger partial charge in [-0.3, -0.25) is 9.78 Å². The van der Waals surface area contributed by atoms with Gasteiger partial charge in [0.25, 0.3) is 5.91 Å². The summed E-state index contributed by atoms with van der Waals surface area (Å²) in [4.78, 5) is 20.5. The minimum Gasteiger partial charge on any atom is -0.445 e. The fraction of sp³-hybridized carbons (Fsp3) is 0.400. The molecule has 0 saturated carbocycles. The van der Waals surface area contributed by atoms with Crippen LogP contribution in [0.15, 0.2) is 28.9 Å². The first kappa shape index (κ1) is 14.2. The van der Waals surface area contributed by atoms with Gasteiger partial charge in [0.2, 0.25) is 0 Å². The highest BCUT2D eigenvalue weighted by Gasteiger charge is 2.20. The van der Waals surface area contributed by atoms with Crippen molar-refractivity contribution in [2.45, 2.75) is 39.7 Å². The summed E-state index contributed by atoms with van der Waals surface area (Å²) in [6.07, 6.45) is 3.44. The Labute approximate surface area is 118 Å². The second-order valence-electron chi connectivity index (χ2n) is 5.09. The zero-order chi connectivity index (χ0) is 14.7. The highest BCUT2D eigenvalue weighted by Crippen LogP contribution is 2.18. The number of oxazole rings is 1. The summed E-state index contributed by atoms with van der Waals surface area (Å²) in [7, 11) is 0. The number of hydrogen-bond donors (Lipinski definition) is 1. The fourth-order valence-electron chi connectivity index (χ4n) is 1.85. The zero-order valence-electron chi connectivity index (χ0n) is 12.2. The van der Waals surface area contributed by atoms with Gasteiger partial charge < -0.3 is 9.73 Å². The van der Waals surface area contributed by atoms with Gasteiger partial charge in [0.15, 0.2) is 11.6 Å². The Morgan fingerprint density at radius 1 is 1.35 bits per heavy atom. The van der Waals surface area contributed by atoms with Crippen molar-refractivity contribution in [3.05, 3.63) is 47.4 Å². The molecule has 20 heavy (non-hydrogen) atoms. The number of rotatable bonds is 4. The van der Waals surface area contributed by atoms with Crippen LogP contribution in [-0.4, -0.2) is 15.9 Å². The van der Waals surface area contributed by atoms with Crippen LogP contribution in [0.4, 0.5) is 0 Å². The molecule has 0 unspecified atom stereocenters. The van der Waals surface area contributed by atoms with Crippen LogP contribution in [0.25, 0.3) is 0 Å². The first-order valence-corrected chi connectivity index (χ1v) is 6.67. The van der Waals surface area contributed by atoms with E-state index in [-0.39, 0.29) is 17.9 Å². The van der Waals surface area contributed by atoms with E-state index in [0.717, 1.165) is 5.56 Å². The highest BCUT2D eigenvalue weighted by atomic mass is 16.4. The van der Waals surface area contributed by atoms with E-state index in [4.69, 9.17) is 4.42 Å². The van der Waals surface area contributed by atoms with Gasteiger partial charge in [-0.2, -0.15) is 0 Å². The van der Waals surface area contributed by atoms with Crippen molar-refractivity contribution in [3.63, 3.8) is 0 Å². The van der Waals surface area contributed by atoms with E-state index in [1.807, 2.05) is 32.9 Å². The number of carbonyl (C=O) groups excluding carboxylic acids is 1. The molecule has 2 heterocycles. The van der Waals surface area contributed by atoms with Crippen LogP contribution in [0.5, 0.6) is 0 Å². The maximum absolute atomic E-state index is 12.2. The molecule has 0 saturated heterocycles. The molecule has 0 spiro atoms. The molecular formula is C15H19N3O2. The van der Waals surface area contributed by atoms with Crippen molar-refractivity contribution < 1.29 is 9.21 Å². The third-order valence-corrected chi connectivity index (χ3v) is 3.05. The summed E-state index contributed by atoms with van der Waals surface area (Å²) >= 11 is 0. The average Bonchev–Trinajstić information content (AvgIpc) is 2.82. The van der Waals surface area contributed by atoms with Crippen molar-refractivity contribution in [1.82, 2.24) is 15.3 Å². The van der Waals surface area contributed by atoms with Gasteiger partial charge >= 0.3 is 0 Å². The SMILES string of the molecule is Cc1oc(C(C)C)nc1C(=O)N[C@@H](C)c1cccnc1. The molecule has 2 aromatic heterocycles. The maximum atomic E-state index is 12.2. The Balaban J connectivity index is 2.12. The number of aryl methyl sites for hydroxylation is 1. The molecule has 0 fully saturated rings. The second kappa shape index (κ2) is 5.86. The van der Waals surface area contributed by atoms with E-state index < -0.39 is 0 Å². The molecule has 1 amide bonds. The number of amides is 1. The van der Waals surface area contributed by atoms with Crippen molar-refractivity contribution in [2.75, 3.05) is 0 Å². The number of nitrogens with zero attached hydrogens (tertiary/aromatic N) is 2. The van der Waals surface area contributed by atoms with Crippen LogP contribution in [0.3, 0.4) is 0 Å². The zero-order valence-corrected chi connectivity index (χ0v) is 12.2. The van der Waals surface area contributed by atoms with Crippen LogP contribution in [0.2, 0.25) is 0 Å². The van der Waals surface area contributed by atoms with Crippen LogP contribution in [0, 0.1) is 6.92 Å². The molecule has 2 rings (SSSR count). The Morgan fingerprint density at radius 3 is 2.65 bits per heavy atom. The summed E-state index contributed by atoms with van der Waals surface area (Å²) in [5.74, 6) is 1.06. The van der Waals surface area contributed by atoms with Crippen LogP contribution >= 0.6 is 0 Å². The monoisotopic (exact) mass is 273 g/mol. The van der Waals surface area contributed by atoms with Crippen molar-refractivity contribution in [1.29, 1.82) is 0 Å². The van der Waals surface area contributed by atoms with Gasteiger partial charge in [-0.25, -0.2) is 4.98 Å². The minimum atomic E-state index is -0.227. The van der Waals surface area contributed by atoms with E-state index in [9.17, 15) is 4.79 Å². The molecule has 1 N–H and O–H groups in total. The number of pyridine rings is 1. The fourth-order valence-corrected chi connectivity index (χ4v) is 1.85. The van der Waals surface area contributed by atoms with Gasteiger partial charge in [0.05, 0.1) is 6.04 Å². The summed E-state index contributed by atoms with van der Waals surface area (Å²) in [6, 6.07) is 3.64. The molecule has 0 bridgehead atoms. The number of nitrogens with one attached hydrogen (secondary N) is 1. The highest BCUT2D eigenvalue weighted by molar-refractivity contribution is 5.93. The molecule has 5 heteroatoms. The molecule has 0 aromatic carbocycles. The van der Waals surface area contributed by atoms with E-state index in [2.05, 4.69) is 15.3 Å². The lowest BCUT2D eigenvalue weighted by Gasteiger charge is -2.12. The predicted octanol–water partition coefficient (Wildman–Crippen LogP) is 2.99. The maximum Gasteiger partial charge on any atom is 0.274 e. The van der Waals surface area contributed by atoms with Gasteiger partial charge in [-0.05, 0) is 25.5 Å². The van der Waals surface area contributed by atoms with E-state index >= 15 is 0 Å². The van der Waals surface area contributed by atoms with Gasteiger partial charge in [0, 0.05) is 18.3 Å². The predicted molar refractivity (Wildman–Crippen MR) is 75.4 cm³/mol. The van der Waals surface area contributed by atoms with Gasteiger partial charge in [-0.1, -0.05) is 19.9 Å². The summed E-state index contributed by atoms with van der Waals surface area (Å²) in [5.41, 5.74) is 1.30. The Hall–Kier alpha value is -2.17. The average molecular weight is 273 g/mol. The molecule has 0 aliphatic carbocycles. The smallest absolute Gasteiger partial charge is 0.274 e. The standard InChI is InChI=1S/C15H19N3O2/c1-9(2)15-18-13(11(4)20-15)14(19)17-10(3)12-6-5-7-16-8-12/h5-10H,1-4H3,(H,17,19)/t10-/m0/s1. The third-order valence-electron chi connectivity index (χ3n) is 3.05. The van der Waals surface area contributed by atoms with Gasteiger partial charge in [-0.15, -0.1) is 0 Å². The van der Waals surface area contributed by atoms with Crippen molar-refractivity contribution in [3.8, 4) is 0 Å². The molecule has 0 radical (unpaired) electrons. The largest absolute Gasteiger partial charge is 0.445 e. The molecule has 0 aliphatic rings. The lowest BCUT2D eigenvalue weighted by Crippen LogP contribution is -2.27. The first-order valence-electron chi connectivity index (χ1n) is 6.67. The van der Waals surface area contributed by atoms with E-state index in [1.165, 1.54) is 0 Å². The molecule has 0 aliphatic heterocycles. The minimum absolute atomic E-state index is 0.130. The number of aromatic nitrogens is 2. The van der Waals surface area contributed by atoms with Gasteiger partial charge in [0.1, 0.15) is 5.76 Å². The Kier molecular flexibility index (Phi) is 4.17. The second-order valence-corrected chi connectivity index (χ2v) is 5.09. The van der Waals surface area contributed by atoms with Crippen LogP contribution in [-0.2, 0) is 0 Å².